The molecule has 0 heterocycles. The summed E-state index contributed by atoms with van der Waals surface area (Å²) >= 11 is 0. The molecule has 69 heavy (non-hydrogen) atoms. The van der Waals surface area contributed by atoms with Gasteiger partial charge in [0.1, 0.15) is 0 Å². The molecule has 0 aromatic rings. The summed E-state index contributed by atoms with van der Waals surface area (Å²) in [5, 5.41) is 23.4. The van der Waals surface area contributed by atoms with Crippen molar-refractivity contribution in [3.05, 3.63) is 24.3 Å². The van der Waals surface area contributed by atoms with Crippen molar-refractivity contribution in [2.24, 2.45) is 0 Å². The molecule has 1 amide bonds. The Morgan fingerprint density at radius 2 is 0.725 bits per heavy atom. The summed E-state index contributed by atoms with van der Waals surface area (Å²) in [5.41, 5.74) is 0. The molecule has 2 atom stereocenters. The van der Waals surface area contributed by atoms with Gasteiger partial charge in [0.15, 0.2) is 0 Å². The normalized spacial score (nSPS) is 12.7. The Morgan fingerprint density at radius 3 is 1.13 bits per heavy atom. The summed E-state index contributed by atoms with van der Waals surface area (Å²) in [6.45, 7) is 4.92. The number of hydrogen-bond donors (Lipinski definition) is 3. The minimum Gasteiger partial charge on any atom is -0.466 e. The highest BCUT2D eigenvalue weighted by Crippen LogP contribution is 2.18. The standard InChI is InChI=1S/C63H121NO5/c1-3-5-7-9-11-13-15-17-19-21-23-24-26-27-29-31-35-39-43-47-51-55-61(66)60(59-65)64-62(67)56-52-48-44-40-36-33-34-38-42-46-50-54-58-69-63(68)57-53-49-45-41-37-32-30-28-25-22-20-18-16-14-12-10-8-6-4-2/h12,14,18,20,60-61,65-66H,3-11,13,15-17,19,21-59H2,1-2H3,(H,64,67)/b14-12-,20-18-. The van der Waals surface area contributed by atoms with Gasteiger partial charge in [0.2, 0.25) is 5.91 Å². The molecule has 0 aliphatic heterocycles. The molecule has 0 radical (unpaired) electrons. The van der Waals surface area contributed by atoms with E-state index < -0.39 is 12.1 Å². The predicted octanol–water partition coefficient (Wildman–Crippen LogP) is 19.4. The second-order valence-electron chi connectivity index (χ2n) is 21.4. The number of nitrogens with one attached hydrogen (secondary N) is 1. The van der Waals surface area contributed by atoms with Crippen LogP contribution in [-0.4, -0.2) is 47.4 Å². The van der Waals surface area contributed by atoms with Crippen molar-refractivity contribution in [3.63, 3.8) is 0 Å². The molecule has 0 aliphatic rings. The maximum Gasteiger partial charge on any atom is 0.305 e. The Bertz CT molecular complexity index is 1080. The van der Waals surface area contributed by atoms with Crippen LogP contribution in [0.5, 0.6) is 0 Å². The number of amides is 1. The molecular weight excluding hydrogens is 851 g/mol. The minimum atomic E-state index is -0.676. The van der Waals surface area contributed by atoms with Crippen LogP contribution in [0.15, 0.2) is 24.3 Å². The van der Waals surface area contributed by atoms with Crippen molar-refractivity contribution in [3.8, 4) is 0 Å². The summed E-state index contributed by atoms with van der Waals surface area (Å²) < 4.78 is 5.49. The maximum atomic E-state index is 12.5. The topological polar surface area (TPSA) is 95.9 Å². The highest BCUT2D eigenvalue weighted by atomic mass is 16.5. The molecule has 2 unspecified atom stereocenters. The summed E-state index contributed by atoms with van der Waals surface area (Å²) in [4.78, 5) is 24.6. The third-order valence-corrected chi connectivity index (χ3v) is 14.5. The maximum absolute atomic E-state index is 12.5. The number of aliphatic hydroxyl groups excluding tert-OH is 2. The van der Waals surface area contributed by atoms with Crippen molar-refractivity contribution in [1.82, 2.24) is 5.32 Å². The van der Waals surface area contributed by atoms with Crippen molar-refractivity contribution in [2.75, 3.05) is 13.2 Å². The number of carbonyl (C=O) groups excluding carboxylic acids is 2. The van der Waals surface area contributed by atoms with Crippen molar-refractivity contribution >= 4 is 11.9 Å². The molecule has 6 nitrogen and oxygen atoms in total. The largest absolute Gasteiger partial charge is 0.466 e. The fourth-order valence-corrected chi connectivity index (χ4v) is 9.73. The molecule has 0 aliphatic carbocycles. The Morgan fingerprint density at radius 1 is 0.406 bits per heavy atom. The number of hydrogen-bond acceptors (Lipinski definition) is 5. The lowest BCUT2D eigenvalue weighted by atomic mass is 10.0. The zero-order valence-electron chi connectivity index (χ0n) is 46.6. The molecule has 0 spiro atoms. The van der Waals surface area contributed by atoms with Crippen LogP contribution in [0.2, 0.25) is 0 Å². The van der Waals surface area contributed by atoms with Gasteiger partial charge >= 0.3 is 5.97 Å². The van der Waals surface area contributed by atoms with Gasteiger partial charge in [-0.1, -0.05) is 295 Å². The molecule has 0 rings (SSSR count). The van der Waals surface area contributed by atoms with E-state index in [1.165, 1.54) is 244 Å². The summed E-state index contributed by atoms with van der Waals surface area (Å²) in [7, 11) is 0. The third kappa shape index (κ3) is 55.5. The van der Waals surface area contributed by atoms with Crippen molar-refractivity contribution in [1.29, 1.82) is 0 Å². The van der Waals surface area contributed by atoms with E-state index in [1.54, 1.807) is 0 Å². The van der Waals surface area contributed by atoms with E-state index in [0.717, 1.165) is 64.2 Å². The summed E-state index contributed by atoms with van der Waals surface area (Å²) in [6.07, 6.45) is 71.7. The molecule has 0 saturated heterocycles. The van der Waals surface area contributed by atoms with Crippen LogP contribution in [-0.2, 0) is 14.3 Å². The first-order valence-electron chi connectivity index (χ1n) is 31.1. The lowest BCUT2D eigenvalue weighted by molar-refractivity contribution is -0.143. The van der Waals surface area contributed by atoms with Crippen LogP contribution in [0, 0.1) is 0 Å². The summed E-state index contributed by atoms with van der Waals surface area (Å²) in [5.74, 6) is -0.0593. The minimum absolute atomic E-state index is 0.0119. The van der Waals surface area contributed by atoms with Gasteiger partial charge in [-0.3, -0.25) is 9.59 Å². The van der Waals surface area contributed by atoms with E-state index in [0.29, 0.717) is 25.9 Å². The average molecular weight is 973 g/mol. The van der Waals surface area contributed by atoms with E-state index in [2.05, 4.69) is 43.5 Å². The van der Waals surface area contributed by atoms with Crippen LogP contribution in [0.25, 0.3) is 0 Å². The average Bonchev–Trinajstić information content (AvgIpc) is 3.35. The molecule has 6 heteroatoms. The number of ether oxygens (including phenoxy) is 1. The van der Waals surface area contributed by atoms with Crippen LogP contribution in [0.1, 0.15) is 341 Å². The lowest BCUT2D eigenvalue weighted by Gasteiger charge is -2.22. The molecule has 0 aromatic heterocycles. The van der Waals surface area contributed by atoms with Crippen molar-refractivity contribution in [2.45, 2.75) is 353 Å². The van der Waals surface area contributed by atoms with Crippen LogP contribution in [0.4, 0.5) is 0 Å². The number of carbonyl (C=O) groups is 2. The predicted molar refractivity (Wildman–Crippen MR) is 301 cm³/mol. The fraction of sp³-hybridized carbons (Fsp3) is 0.905. The third-order valence-electron chi connectivity index (χ3n) is 14.5. The molecule has 408 valence electrons. The second-order valence-corrected chi connectivity index (χ2v) is 21.4. The van der Waals surface area contributed by atoms with Crippen molar-refractivity contribution < 1.29 is 24.5 Å². The molecule has 0 bridgehead atoms. The number of unbranched alkanes of at least 4 members (excludes halogenated alkanes) is 43. The highest BCUT2D eigenvalue weighted by molar-refractivity contribution is 5.76. The van der Waals surface area contributed by atoms with Gasteiger partial charge in [0.25, 0.3) is 0 Å². The summed E-state index contributed by atoms with van der Waals surface area (Å²) in [6, 6.07) is -0.554. The van der Waals surface area contributed by atoms with E-state index in [9.17, 15) is 19.8 Å². The van der Waals surface area contributed by atoms with E-state index in [-0.39, 0.29) is 18.5 Å². The fourth-order valence-electron chi connectivity index (χ4n) is 9.73. The Hall–Kier alpha value is -1.66. The van der Waals surface area contributed by atoms with Crippen LogP contribution in [0.3, 0.4) is 0 Å². The number of rotatable bonds is 58. The number of esters is 1. The Kier molecular flexibility index (Phi) is 57.5. The molecule has 0 saturated carbocycles. The first-order chi connectivity index (χ1) is 34.0. The molecule has 0 aromatic carbocycles. The molecule has 3 N–H and O–H groups in total. The monoisotopic (exact) mass is 972 g/mol. The second kappa shape index (κ2) is 58.9. The first kappa shape index (κ1) is 67.3. The van der Waals surface area contributed by atoms with Gasteiger partial charge in [-0.05, 0) is 57.8 Å². The number of aliphatic hydroxyl groups is 2. The molecule has 0 fully saturated rings. The zero-order chi connectivity index (χ0) is 50.0. The Labute approximate surface area is 431 Å². The quantitative estimate of drug-likeness (QED) is 0.0321. The van der Waals surface area contributed by atoms with E-state index >= 15 is 0 Å². The van der Waals surface area contributed by atoms with E-state index in [1.807, 2.05) is 0 Å². The van der Waals surface area contributed by atoms with Gasteiger partial charge in [0.05, 0.1) is 25.4 Å². The van der Waals surface area contributed by atoms with Gasteiger partial charge < -0.3 is 20.3 Å². The van der Waals surface area contributed by atoms with Crippen LogP contribution >= 0.6 is 0 Å². The van der Waals surface area contributed by atoms with Crippen LogP contribution < -0.4 is 5.32 Å². The molecular formula is C63H121NO5. The SMILES string of the molecule is CCCCC/C=C\C/C=C\CCCCCCCCCCCC(=O)OCCCCCCCCCCCCCCC(=O)NC(CO)C(O)CCCCCCCCCCCCCCCCCCCCCCC. The smallest absolute Gasteiger partial charge is 0.305 e. The Balaban J connectivity index is 3.44. The van der Waals surface area contributed by atoms with Gasteiger partial charge in [-0.25, -0.2) is 0 Å². The number of allylic oxidation sites excluding steroid dienone is 4. The zero-order valence-corrected chi connectivity index (χ0v) is 46.6. The van der Waals surface area contributed by atoms with Gasteiger partial charge in [-0.2, -0.15) is 0 Å². The lowest BCUT2D eigenvalue weighted by Crippen LogP contribution is -2.45. The van der Waals surface area contributed by atoms with Gasteiger partial charge in [0, 0.05) is 12.8 Å². The van der Waals surface area contributed by atoms with Gasteiger partial charge in [-0.15, -0.1) is 0 Å². The first-order valence-corrected chi connectivity index (χ1v) is 31.1. The van der Waals surface area contributed by atoms with E-state index in [4.69, 9.17) is 4.74 Å². The highest BCUT2D eigenvalue weighted by Gasteiger charge is 2.20.